The summed E-state index contributed by atoms with van der Waals surface area (Å²) in [5.41, 5.74) is 0.919. The monoisotopic (exact) mass is 518 g/mol. The van der Waals surface area contributed by atoms with Gasteiger partial charge >= 0.3 is 18.1 Å². The van der Waals surface area contributed by atoms with Crippen molar-refractivity contribution in [2.75, 3.05) is 13.2 Å². The van der Waals surface area contributed by atoms with Crippen LogP contribution in [-0.4, -0.2) is 30.9 Å². The number of Topliss-reactive ketones (excluding diaryl/α,β-unsaturated/α-hetero) is 1. The van der Waals surface area contributed by atoms with E-state index in [-0.39, 0.29) is 25.2 Å². The van der Waals surface area contributed by atoms with E-state index in [4.69, 9.17) is 9.47 Å². The van der Waals surface area contributed by atoms with Crippen molar-refractivity contribution in [1.29, 1.82) is 0 Å². The Kier molecular flexibility index (Phi) is 9.03. The molecule has 9 heteroatoms. The van der Waals surface area contributed by atoms with Crippen molar-refractivity contribution in [3.8, 4) is 11.1 Å². The Morgan fingerprint density at radius 2 is 1.44 bits per heavy atom. The quantitative estimate of drug-likeness (QED) is 0.173. The van der Waals surface area contributed by atoms with Crippen LogP contribution in [0.1, 0.15) is 47.0 Å². The number of ether oxygens (including phenoxy) is 2. The van der Waals surface area contributed by atoms with Crippen molar-refractivity contribution < 1.29 is 37.0 Å². The summed E-state index contributed by atoms with van der Waals surface area (Å²) in [6.45, 7) is 3.24. The minimum atomic E-state index is -4.53. The predicted molar refractivity (Wildman–Crippen MR) is 130 cm³/mol. The molecule has 1 atom stereocenters. The van der Waals surface area contributed by atoms with E-state index in [0.29, 0.717) is 4.88 Å². The van der Waals surface area contributed by atoms with E-state index in [0.717, 1.165) is 35.4 Å². The molecule has 36 heavy (non-hydrogen) atoms. The number of hydrogen-bond acceptors (Lipinski definition) is 6. The predicted octanol–water partition coefficient (Wildman–Crippen LogP) is 6.53. The molecule has 0 aliphatic rings. The number of ketones is 1. The first-order valence-electron chi connectivity index (χ1n) is 11.3. The van der Waals surface area contributed by atoms with E-state index >= 15 is 0 Å². The van der Waals surface area contributed by atoms with Crippen LogP contribution in [0.5, 0.6) is 0 Å². The molecule has 2 aromatic carbocycles. The van der Waals surface area contributed by atoms with Crippen LogP contribution in [0.2, 0.25) is 0 Å². The molecule has 0 radical (unpaired) electrons. The third kappa shape index (κ3) is 6.60. The summed E-state index contributed by atoms with van der Waals surface area (Å²) in [6.07, 6.45) is -4.84. The van der Waals surface area contributed by atoms with Crippen LogP contribution in [0.15, 0.2) is 66.0 Å². The number of halogens is 3. The number of alkyl halides is 3. The average Bonchev–Trinajstić information content (AvgIpc) is 3.34. The Morgan fingerprint density at radius 1 is 0.861 bits per heavy atom. The van der Waals surface area contributed by atoms with Crippen LogP contribution < -0.4 is 0 Å². The molecule has 0 saturated heterocycles. The number of esters is 2. The summed E-state index contributed by atoms with van der Waals surface area (Å²) in [5, 5.41) is 1.85. The fourth-order valence-electron chi connectivity index (χ4n) is 3.76. The summed E-state index contributed by atoms with van der Waals surface area (Å²) >= 11 is 1.28. The van der Waals surface area contributed by atoms with Crippen molar-refractivity contribution in [3.63, 3.8) is 0 Å². The highest BCUT2D eigenvalue weighted by Crippen LogP contribution is 2.38. The van der Waals surface area contributed by atoms with E-state index < -0.39 is 41.3 Å². The Hall–Kier alpha value is -3.46. The maximum absolute atomic E-state index is 13.2. The zero-order valence-electron chi connectivity index (χ0n) is 19.7. The minimum Gasteiger partial charge on any atom is -0.465 e. The van der Waals surface area contributed by atoms with Gasteiger partial charge in [-0.05, 0) is 48.6 Å². The standard InChI is InChI=1S/C27H25F3O5S/c1-3-34-25(32)24(26(33)35-4-2)21(23-14-19(16-36-23)17-8-6-5-7-9-17)15-22(31)18-10-12-20(13-11-18)27(28,29)30/h5-14,16,21,24H,3-4,15H2,1-2H3. The molecule has 0 spiro atoms. The number of hydrogen-bond donors (Lipinski definition) is 0. The second-order valence-electron chi connectivity index (χ2n) is 7.89. The molecule has 0 N–H and O–H groups in total. The maximum Gasteiger partial charge on any atom is 0.416 e. The summed E-state index contributed by atoms with van der Waals surface area (Å²) in [6, 6.07) is 15.1. The van der Waals surface area contributed by atoms with Gasteiger partial charge in [-0.25, -0.2) is 0 Å². The van der Waals surface area contributed by atoms with Crippen LogP contribution in [0.3, 0.4) is 0 Å². The molecule has 1 aromatic heterocycles. The molecule has 3 aromatic rings. The molecular formula is C27H25F3O5S. The zero-order chi connectivity index (χ0) is 26.3. The largest absolute Gasteiger partial charge is 0.465 e. The summed E-state index contributed by atoms with van der Waals surface area (Å²) in [7, 11) is 0. The van der Waals surface area contributed by atoms with Crippen LogP contribution >= 0.6 is 11.3 Å². The molecule has 190 valence electrons. The van der Waals surface area contributed by atoms with E-state index in [9.17, 15) is 27.6 Å². The van der Waals surface area contributed by atoms with E-state index in [1.54, 1.807) is 19.9 Å². The fourth-order valence-corrected chi connectivity index (χ4v) is 4.82. The molecule has 3 rings (SSSR count). The van der Waals surface area contributed by atoms with Gasteiger partial charge in [-0.2, -0.15) is 13.2 Å². The van der Waals surface area contributed by atoms with Crippen LogP contribution in [-0.2, 0) is 25.2 Å². The molecule has 0 aliphatic heterocycles. The summed E-state index contributed by atoms with van der Waals surface area (Å²) < 4.78 is 49.1. The van der Waals surface area contributed by atoms with Crippen molar-refractivity contribution >= 4 is 29.1 Å². The first-order chi connectivity index (χ1) is 17.2. The molecule has 0 aliphatic carbocycles. The Morgan fingerprint density at radius 3 is 1.97 bits per heavy atom. The van der Waals surface area contributed by atoms with Crippen LogP contribution in [0, 0.1) is 5.92 Å². The van der Waals surface area contributed by atoms with Crippen molar-refractivity contribution in [2.45, 2.75) is 32.4 Å². The van der Waals surface area contributed by atoms with Crippen molar-refractivity contribution in [3.05, 3.63) is 82.0 Å². The van der Waals surface area contributed by atoms with Gasteiger partial charge in [0.05, 0.1) is 18.8 Å². The number of carbonyl (C=O) groups is 3. The lowest BCUT2D eigenvalue weighted by Crippen LogP contribution is -2.34. The number of carbonyl (C=O) groups excluding carboxylic acids is 3. The Bertz CT molecular complexity index is 1170. The van der Waals surface area contributed by atoms with E-state index in [2.05, 4.69) is 0 Å². The molecule has 1 unspecified atom stereocenters. The highest BCUT2D eigenvalue weighted by atomic mass is 32.1. The molecule has 0 saturated carbocycles. The minimum absolute atomic E-state index is 0.0218. The van der Waals surface area contributed by atoms with Gasteiger partial charge in [-0.1, -0.05) is 42.5 Å². The smallest absolute Gasteiger partial charge is 0.416 e. The molecule has 5 nitrogen and oxygen atoms in total. The number of thiophene rings is 1. The fraction of sp³-hybridized carbons (Fsp3) is 0.296. The summed E-state index contributed by atoms with van der Waals surface area (Å²) in [5.74, 6) is -4.50. The lowest BCUT2D eigenvalue weighted by Gasteiger charge is -2.23. The van der Waals surface area contributed by atoms with E-state index in [1.165, 1.54) is 11.3 Å². The van der Waals surface area contributed by atoms with Gasteiger partial charge < -0.3 is 9.47 Å². The zero-order valence-corrected chi connectivity index (χ0v) is 20.5. The lowest BCUT2D eigenvalue weighted by molar-refractivity contribution is -0.162. The topological polar surface area (TPSA) is 69.7 Å². The molecule has 1 heterocycles. The SMILES string of the molecule is CCOC(=O)C(C(=O)OCC)C(CC(=O)c1ccc(C(F)(F)F)cc1)c1cc(-c2ccccc2)cs1. The second kappa shape index (κ2) is 12.0. The van der Waals surface area contributed by atoms with Gasteiger partial charge in [-0.3, -0.25) is 14.4 Å². The van der Waals surface area contributed by atoms with Gasteiger partial charge in [-0.15, -0.1) is 11.3 Å². The Labute approximate surface area is 210 Å². The van der Waals surface area contributed by atoms with Crippen molar-refractivity contribution in [2.24, 2.45) is 5.92 Å². The normalized spacial score (nSPS) is 12.3. The molecular weight excluding hydrogens is 493 g/mol. The number of benzene rings is 2. The van der Waals surface area contributed by atoms with Gasteiger partial charge in [0.15, 0.2) is 11.7 Å². The lowest BCUT2D eigenvalue weighted by atomic mass is 9.84. The van der Waals surface area contributed by atoms with Gasteiger partial charge in [0.25, 0.3) is 0 Å². The molecule has 0 fully saturated rings. The summed E-state index contributed by atoms with van der Waals surface area (Å²) in [4.78, 5) is 39.5. The molecule has 0 bridgehead atoms. The third-order valence-corrected chi connectivity index (χ3v) is 6.58. The Balaban J connectivity index is 2.00. The van der Waals surface area contributed by atoms with Gasteiger partial charge in [0, 0.05) is 22.8 Å². The van der Waals surface area contributed by atoms with Gasteiger partial charge in [0.1, 0.15) is 0 Å². The average molecular weight is 519 g/mol. The highest BCUT2D eigenvalue weighted by molar-refractivity contribution is 7.10. The van der Waals surface area contributed by atoms with Crippen LogP contribution in [0.4, 0.5) is 13.2 Å². The van der Waals surface area contributed by atoms with Crippen LogP contribution in [0.25, 0.3) is 11.1 Å². The first kappa shape index (κ1) is 27.1. The van der Waals surface area contributed by atoms with Gasteiger partial charge in [0.2, 0.25) is 0 Å². The third-order valence-electron chi connectivity index (χ3n) is 5.52. The first-order valence-corrected chi connectivity index (χ1v) is 12.2. The number of rotatable bonds is 10. The van der Waals surface area contributed by atoms with Crippen molar-refractivity contribution in [1.82, 2.24) is 0 Å². The highest BCUT2D eigenvalue weighted by Gasteiger charge is 2.40. The second-order valence-corrected chi connectivity index (χ2v) is 8.84. The van der Waals surface area contributed by atoms with E-state index in [1.807, 2.05) is 35.7 Å². The molecule has 0 amide bonds. The maximum atomic E-state index is 13.2.